The summed E-state index contributed by atoms with van der Waals surface area (Å²) < 4.78 is 5.41. The highest BCUT2D eigenvalue weighted by Gasteiger charge is 2.31. The third kappa shape index (κ3) is 3.92. The number of hydrogen-bond acceptors (Lipinski definition) is 5. The van der Waals surface area contributed by atoms with Crippen molar-refractivity contribution in [1.29, 1.82) is 0 Å². The molecule has 7 nitrogen and oxygen atoms in total. The van der Waals surface area contributed by atoms with Crippen LogP contribution in [-0.2, 0) is 4.79 Å². The Kier molecular flexibility index (Phi) is 4.44. The van der Waals surface area contributed by atoms with Gasteiger partial charge in [0.05, 0.1) is 11.0 Å². The summed E-state index contributed by atoms with van der Waals surface area (Å²) in [5.74, 6) is -1.05. The van der Waals surface area contributed by atoms with E-state index in [4.69, 9.17) is 15.6 Å². The summed E-state index contributed by atoms with van der Waals surface area (Å²) in [7, 11) is 0. The van der Waals surface area contributed by atoms with Gasteiger partial charge in [0.2, 0.25) is 0 Å². The molecular weight excluding hydrogens is 252 g/mol. The molecule has 1 aromatic carbocycles. The maximum Gasteiger partial charge on any atom is 0.323 e. The van der Waals surface area contributed by atoms with Gasteiger partial charge in [-0.15, -0.1) is 0 Å². The Morgan fingerprint density at radius 1 is 1.58 bits per heavy atom. The van der Waals surface area contributed by atoms with E-state index in [0.717, 1.165) is 0 Å². The van der Waals surface area contributed by atoms with E-state index in [1.54, 1.807) is 13.0 Å². The number of nitrogens with two attached hydrogens (primary N) is 1. The third-order valence-electron chi connectivity index (χ3n) is 2.59. The molecule has 0 aliphatic carbocycles. The number of benzene rings is 1. The van der Waals surface area contributed by atoms with Crippen molar-refractivity contribution in [3.8, 4) is 5.75 Å². The standard InChI is InChI=1S/C12H16N2O5/c1-8(7-12(2,13)11(15)16)19-10-6-4-3-5-9(10)14(17)18/h3-6,8H,7,13H2,1-2H3,(H,15,16). The van der Waals surface area contributed by atoms with Crippen molar-refractivity contribution in [3.05, 3.63) is 34.4 Å². The highest BCUT2D eigenvalue weighted by atomic mass is 16.6. The molecule has 0 radical (unpaired) electrons. The van der Waals surface area contributed by atoms with Crippen LogP contribution in [0.1, 0.15) is 20.3 Å². The van der Waals surface area contributed by atoms with E-state index in [0.29, 0.717) is 0 Å². The Bertz CT molecular complexity index is 487. The normalized spacial score (nSPS) is 15.3. The predicted octanol–water partition coefficient (Wildman–Crippen LogP) is 1.55. The van der Waals surface area contributed by atoms with Gasteiger partial charge in [-0.3, -0.25) is 14.9 Å². The molecule has 1 aromatic rings. The number of carboxylic acids is 1. The molecule has 0 aromatic heterocycles. The zero-order valence-corrected chi connectivity index (χ0v) is 10.7. The minimum absolute atomic E-state index is 0.0361. The molecule has 0 bridgehead atoms. The van der Waals surface area contributed by atoms with E-state index in [2.05, 4.69) is 0 Å². The van der Waals surface area contributed by atoms with Gasteiger partial charge in [-0.05, 0) is 19.9 Å². The molecule has 2 atom stereocenters. The molecule has 104 valence electrons. The molecule has 0 saturated heterocycles. The van der Waals surface area contributed by atoms with Crippen LogP contribution >= 0.6 is 0 Å². The van der Waals surface area contributed by atoms with Crippen LogP contribution in [0, 0.1) is 10.1 Å². The average molecular weight is 268 g/mol. The summed E-state index contributed by atoms with van der Waals surface area (Å²) in [6.45, 7) is 2.99. The lowest BCUT2D eigenvalue weighted by atomic mass is 9.96. The Morgan fingerprint density at radius 2 is 2.16 bits per heavy atom. The van der Waals surface area contributed by atoms with Crippen LogP contribution in [-0.4, -0.2) is 27.6 Å². The molecule has 1 rings (SSSR count). The van der Waals surface area contributed by atoms with Crippen molar-refractivity contribution in [2.75, 3.05) is 0 Å². The summed E-state index contributed by atoms with van der Waals surface area (Å²) >= 11 is 0. The zero-order chi connectivity index (χ0) is 14.6. The highest BCUT2D eigenvalue weighted by Crippen LogP contribution is 2.28. The van der Waals surface area contributed by atoms with Gasteiger partial charge in [-0.2, -0.15) is 0 Å². The van der Waals surface area contributed by atoms with Crippen molar-refractivity contribution in [2.24, 2.45) is 5.73 Å². The number of ether oxygens (including phenoxy) is 1. The van der Waals surface area contributed by atoms with Crippen molar-refractivity contribution < 1.29 is 19.6 Å². The Balaban J connectivity index is 2.81. The lowest BCUT2D eigenvalue weighted by Gasteiger charge is -2.23. The fourth-order valence-corrected chi connectivity index (χ4v) is 1.65. The smallest absolute Gasteiger partial charge is 0.323 e. The number of nitro benzene ring substituents is 1. The maximum atomic E-state index is 10.9. The van der Waals surface area contributed by atoms with Gasteiger partial charge >= 0.3 is 11.7 Å². The first-order chi connectivity index (χ1) is 8.74. The molecule has 0 heterocycles. The van der Waals surface area contributed by atoms with Crippen LogP contribution in [0.15, 0.2) is 24.3 Å². The number of rotatable bonds is 6. The average Bonchev–Trinajstić information content (AvgIpc) is 2.28. The minimum atomic E-state index is -1.44. The first-order valence-electron chi connectivity index (χ1n) is 5.66. The second-order valence-electron chi connectivity index (χ2n) is 4.58. The molecule has 0 aliphatic heterocycles. The number of nitro groups is 1. The molecule has 0 aliphatic rings. The van der Waals surface area contributed by atoms with Crippen molar-refractivity contribution in [1.82, 2.24) is 0 Å². The number of para-hydroxylation sites is 2. The Morgan fingerprint density at radius 3 is 2.68 bits per heavy atom. The molecule has 0 saturated carbocycles. The SMILES string of the molecule is CC(CC(C)(N)C(=O)O)Oc1ccccc1[N+](=O)[O-]. The fourth-order valence-electron chi connectivity index (χ4n) is 1.65. The van der Waals surface area contributed by atoms with E-state index in [9.17, 15) is 14.9 Å². The summed E-state index contributed by atoms with van der Waals surface area (Å²) in [5.41, 5.74) is 3.99. The summed E-state index contributed by atoms with van der Waals surface area (Å²) in [6, 6.07) is 5.91. The van der Waals surface area contributed by atoms with Crippen molar-refractivity contribution in [3.63, 3.8) is 0 Å². The second kappa shape index (κ2) is 5.66. The quantitative estimate of drug-likeness (QED) is 0.597. The van der Waals surface area contributed by atoms with Crippen LogP contribution in [0.25, 0.3) is 0 Å². The van der Waals surface area contributed by atoms with Crippen LogP contribution < -0.4 is 10.5 Å². The lowest BCUT2D eigenvalue weighted by Crippen LogP contribution is -2.47. The van der Waals surface area contributed by atoms with E-state index in [1.165, 1.54) is 25.1 Å². The van der Waals surface area contributed by atoms with Gasteiger partial charge in [0, 0.05) is 12.5 Å². The summed E-state index contributed by atoms with van der Waals surface area (Å²) in [4.78, 5) is 21.1. The van der Waals surface area contributed by atoms with Crippen molar-refractivity contribution >= 4 is 11.7 Å². The van der Waals surface area contributed by atoms with Crippen LogP contribution in [0.4, 0.5) is 5.69 Å². The molecule has 0 fully saturated rings. The fraction of sp³-hybridized carbons (Fsp3) is 0.417. The topological polar surface area (TPSA) is 116 Å². The summed E-state index contributed by atoms with van der Waals surface area (Å²) in [5, 5.41) is 19.7. The number of aliphatic carboxylic acids is 1. The van der Waals surface area contributed by atoms with Crippen LogP contribution in [0.2, 0.25) is 0 Å². The number of carbonyl (C=O) groups is 1. The molecule has 7 heteroatoms. The van der Waals surface area contributed by atoms with Crippen LogP contribution in [0.3, 0.4) is 0 Å². The molecule has 3 N–H and O–H groups in total. The van der Waals surface area contributed by atoms with Gasteiger partial charge in [-0.1, -0.05) is 12.1 Å². The lowest BCUT2D eigenvalue weighted by molar-refractivity contribution is -0.386. The number of hydrogen-bond donors (Lipinski definition) is 2. The second-order valence-corrected chi connectivity index (χ2v) is 4.58. The third-order valence-corrected chi connectivity index (χ3v) is 2.59. The van der Waals surface area contributed by atoms with Gasteiger partial charge in [-0.25, -0.2) is 0 Å². The zero-order valence-electron chi connectivity index (χ0n) is 10.7. The van der Waals surface area contributed by atoms with Gasteiger partial charge in [0.1, 0.15) is 5.54 Å². The maximum absolute atomic E-state index is 10.9. The highest BCUT2D eigenvalue weighted by molar-refractivity contribution is 5.77. The number of carboxylic acid groups (broad SMARTS) is 1. The first-order valence-corrected chi connectivity index (χ1v) is 5.66. The molecule has 0 spiro atoms. The molecule has 2 unspecified atom stereocenters. The van der Waals surface area contributed by atoms with Gasteiger partial charge in [0.25, 0.3) is 0 Å². The summed E-state index contributed by atoms with van der Waals surface area (Å²) in [6.07, 6.45) is -0.527. The first kappa shape index (κ1) is 14.9. The Hall–Kier alpha value is -2.15. The van der Waals surface area contributed by atoms with Crippen molar-refractivity contribution in [2.45, 2.75) is 31.9 Å². The van der Waals surface area contributed by atoms with E-state index < -0.39 is 22.5 Å². The van der Waals surface area contributed by atoms with Crippen LogP contribution in [0.5, 0.6) is 5.75 Å². The molecule has 19 heavy (non-hydrogen) atoms. The monoisotopic (exact) mass is 268 g/mol. The van der Waals surface area contributed by atoms with E-state index >= 15 is 0 Å². The van der Waals surface area contributed by atoms with Gasteiger partial charge in [0.15, 0.2) is 5.75 Å². The minimum Gasteiger partial charge on any atom is -0.484 e. The van der Waals surface area contributed by atoms with E-state index in [1.807, 2.05) is 0 Å². The molecule has 0 amide bonds. The molecular formula is C12H16N2O5. The Labute approximate surface area is 110 Å². The predicted molar refractivity (Wildman–Crippen MR) is 68.0 cm³/mol. The van der Waals surface area contributed by atoms with E-state index in [-0.39, 0.29) is 17.9 Å². The van der Waals surface area contributed by atoms with Gasteiger partial charge < -0.3 is 15.6 Å². The largest absolute Gasteiger partial charge is 0.484 e. The number of nitrogens with zero attached hydrogens (tertiary/aromatic N) is 1.